The van der Waals surface area contributed by atoms with Gasteiger partial charge in [0.1, 0.15) is 17.9 Å². The molecule has 0 unspecified atom stereocenters. The molecule has 9 heteroatoms. The number of pyridine rings is 1. The lowest BCUT2D eigenvalue weighted by Gasteiger charge is -2.24. The molecule has 5 N–H and O–H groups in total. The molecule has 2 aromatic rings. The average Bonchev–Trinajstić information content (AvgIpc) is 3.52. The highest BCUT2D eigenvalue weighted by atomic mass is 16.4. The summed E-state index contributed by atoms with van der Waals surface area (Å²) in [5, 5.41) is 18.2. The first kappa shape index (κ1) is 20.3. The third-order valence-electron chi connectivity index (χ3n) is 5.77. The molecule has 2 amide bonds. The fourth-order valence-electron chi connectivity index (χ4n) is 4.02. The zero-order valence-corrected chi connectivity index (χ0v) is 16.7. The summed E-state index contributed by atoms with van der Waals surface area (Å²) < 4.78 is 0. The number of carbonyl (C=O) groups excluding carboxylic acids is 2. The van der Waals surface area contributed by atoms with Crippen LogP contribution >= 0.6 is 0 Å². The lowest BCUT2D eigenvalue weighted by atomic mass is 9.97. The predicted molar refractivity (Wildman–Crippen MR) is 111 cm³/mol. The van der Waals surface area contributed by atoms with Crippen molar-refractivity contribution in [3.63, 3.8) is 0 Å². The minimum absolute atomic E-state index is 0.0448. The van der Waals surface area contributed by atoms with Crippen LogP contribution in [0.2, 0.25) is 0 Å². The van der Waals surface area contributed by atoms with Gasteiger partial charge < -0.3 is 21.5 Å². The average molecular weight is 419 g/mol. The summed E-state index contributed by atoms with van der Waals surface area (Å²) in [5.74, 6) is -1.67. The van der Waals surface area contributed by atoms with E-state index < -0.39 is 17.9 Å². The molecule has 4 rings (SSSR count). The van der Waals surface area contributed by atoms with Gasteiger partial charge in [-0.1, -0.05) is 6.07 Å². The molecule has 1 aromatic heterocycles. The van der Waals surface area contributed by atoms with E-state index in [0.29, 0.717) is 28.3 Å². The number of nitrogens with zero attached hydrogens (tertiary/aromatic N) is 3. The standard InChI is InChI=1S/C22H21N5O4/c23-9-13-8-16(11-1-2-11)19(26-20(13)24)12-3-4-15-14(7-12)10-27(22(15)31)17(21(25)30)5-6-18(28)29/h3-4,7-8,11,17H,1-2,5-6,10H2,(H2,24,26)(H2,25,30)(H,28,29)/t17-/m0/s1. The quantitative estimate of drug-likeness (QED) is 0.615. The number of anilines is 1. The van der Waals surface area contributed by atoms with E-state index in [0.717, 1.165) is 24.0 Å². The number of nitrogen functional groups attached to an aromatic ring is 1. The van der Waals surface area contributed by atoms with E-state index in [9.17, 15) is 19.6 Å². The van der Waals surface area contributed by atoms with Crippen LogP contribution in [0, 0.1) is 11.3 Å². The zero-order chi connectivity index (χ0) is 22.3. The molecule has 0 radical (unpaired) electrons. The maximum Gasteiger partial charge on any atom is 0.303 e. The molecule has 158 valence electrons. The minimum atomic E-state index is -1.06. The second kappa shape index (κ2) is 7.72. The topological polar surface area (TPSA) is 163 Å². The van der Waals surface area contributed by atoms with Crippen molar-refractivity contribution in [2.24, 2.45) is 5.73 Å². The molecule has 1 fully saturated rings. The highest BCUT2D eigenvalue weighted by Crippen LogP contribution is 2.45. The van der Waals surface area contributed by atoms with E-state index in [1.807, 2.05) is 6.07 Å². The van der Waals surface area contributed by atoms with Crippen LogP contribution in [0.1, 0.15) is 58.6 Å². The maximum atomic E-state index is 12.9. The van der Waals surface area contributed by atoms with Crippen molar-refractivity contribution in [1.82, 2.24) is 9.88 Å². The Morgan fingerprint density at radius 1 is 1.32 bits per heavy atom. The molecular formula is C22H21N5O4. The maximum absolute atomic E-state index is 12.9. The third kappa shape index (κ3) is 3.80. The third-order valence-corrected chi connectivity index (χ3v) is 5.77. The number of benzene rings is 1. The SMILES string of the molecule is N#Cc1cc(C2CC2)c(-c2ccc3c(c2)CN([C@@H](CCC(=O)O)C(N)=O)C3=O)nc1N. The molecule has 1 saturated carbocycles. The number of carbonyl (C=O) groups is 3. The Morgan fingerprint density at radius 2 is 2.06 bits per heavy atom. The van der Waals surface area contributed by atoms with Crippen molar-refractivity contribution in [2.45, 2.75) is 44.2 Å². The molecule has 1 aromatic carbocycles. The van der Waals surface area contributed by atoms with E-state index in [4.69, 9.17) is 16.6 Å². The van der Waals surface area contributed by atoms with Gasteiger partial charge in [-0.25, -0.2) is 4.98 Å². The highest BCUT2D eigenvalue weighted by Gasteiger charge is 2.36. The van der Waals surface area contributed by atoms with Gasteiger partial charge in [-0.05, 0) is 54.5 Å². The van der Waals surface area contributed by atoms with Crippen LogP contribution in [0.5, 0.6) is 0 Å². The van der Waals surface area contributed by atoms with E-state index in [-0.39, 0.29) is 31.1 Å². The Hall–Kier alpha value is -3.93. The molecular weight excluding hydrogens is 398 g/mol. The molecule has 31 heavy (non-hydrogen) atoms. The number of carboxylic acid groups (broad SMARTS) is 1. The van der Waals surface area contributed by atoms with Crippen molar-refractivity contribution >= 4 is 23.6 Å². The molecule has 1 atom stereocenters. The summed E-state index contributed by atoms with van der Waals surface area (Å²) in [7, 11) is 0. The molecule has 1 aliphatic heterocycles. The molecule has 0 bridgehead atoms. The highest BCUT2D eigenvalue weighted by molar-refractivity contribution is 6.01. The number of carboxylic acids is 1. The van der Waals surface area contributed by atoms with Crippen LogP contribution in [0.3, 0.4) is 0 Å². The zero-order valence-electron chi connectivity index (χ0n) is 16.7. The number of aromatic nitrogens is 1. The summed E-state index contributed by atoms with van der Waals surface area (Å²) in [6.07, 6.45) is 1.73. The summed E-state index contributed by atoms with van der Waals surface area (Å²) in [4.78, 5) is 41.5. The van der Waals surface area contributed by atoms with Gasteiger partial charge >= 0.3 is 5.97 Å². The number of amides is 2. The lowest BCUT2D eigenvalue weighted by molar-refractivity contribution is -0.137. The van der Waals surface area contributed by atoms with Gasteiger partial charge in [-0.15, -0.1) is 0 Å². The first-order valence-electron chi connectivity index (χ1n) is 9.96. The van der Waals surface area contributed by atoms with Gasteiger partial charge in [-0.2, -0.15) is 5.26 Å². The molecule has 2 heterocycles. The van der Waals surface area contributed by atoms with Crippen LogP contribution in [-0.4, -0.2) is 38.8 Å². The van der Waals surface area contributed by atoms with Crippen molar-refractivity contribution in [3.8, 4) is 17.3 Å². The first-order valence-corrected chi connectivity index (χ1v) is 9.96. The van der Waals surface area contributed by atoms with Crippen LogP contribution < -0.4 is 11.5 Å². The number of nitrogens with two attached hydrogens (primary N) is 2. The van der Waals surface area contributed by atoms with Crippen molar-refractivity contribution in [1.29, 1.82) is 5.26 Å². The van der Waals surface area contributed by atoms with Crippen LogP contribution in [-0.2, 0) is 16.1 Å². The second-order valence-corrected chi connectivity index (χ2v) is 7.90. The summed E-state index contributed by atoms with van der Waals surface area (Å²) in [6.45, 7) is 0.153. The fourth-order valence-corrected chi connectivity index (χ4v) is 4.02. The van der Waals surface area contributed by atoms with E-state index in [2.05, 4.69) is 11.1 Å². The van der Waals surface area contributed by atoms with Crippen molar-refractivity contribution in [2.75, 3.05) is 5.73 Å². The van der Waals surface area contributed by atoms with Crippen LogP contribution in [0.25, 0.3) is 11.3 Å². The molecule has 1 aliphatic carbocycles. The Bertz CT molecular complexity index is 1150. The minimum Gasteiger partial charge on any atom is -0.481 e. The van der Waals surface area contributed by atoms with Gasteiger partial charge in [-0.3, -0.25) is 14.4 Å². The number of rotatable bonds is 7. The monoisotopic (exact) mass is 419 g/mol. The van der Waals surface area contributed by atoms with E-state index in [1.165, 1.54) is 4.90 Å². The van der Waals surface area contributed by atoms with Crippen molar-refractivity contribution in [3.05, 3.63) is 46.5 Å². The number of fused-ring (bicyclic) bond motifs is 1. The molecule has 9 nitrogen and oxygen atoms in total. The number of hydrogen-bond donors (Lipinski definition) is 3. The summed E-state index contributed by atoms with van der Waals surface area (Å²) >= 11 is 0. The van der Waals surface area contributed by atoms with Gasteiger partial charge in [0.15, 0.2) is 0 Å². The van der Waals surface area contributed by atoms with Gasteiger partial charge in [0.2, 0.25) is 5.91 Å². The smallest absolute Gasteiger partial charge is 0.303 e. The van der Waals surface area contributed by atoms with Crippen molar-refractivity contribution < 1.29 is 19.5 Å². The van der Waals surface area contributed by atoms with Gasteiger partial charge in [0, 0.05) is 24.1 Å². The number of nitriles is 1. The summed E-state index contributed by atoms with van der Waals surface area (Å²) in [5.41, 5.74) is 15.3. The fraction of sp³-hybridized carbons (Fsp3) is 0.318. The Balaban J connectivity index is 1.68. The summed E-state index contributed by atoms with van der Waals surface area (Å²) in [6, 6.07) is 8.15. The molecule has 2 aliphatic rings. The Morgan fingerprint density at radius 3 is 2.68 bits per heavy atom. The Labute approximate surface area is 178 Å². The molecule has 0 spiro atoms. The normalized spacial score (nSPS) is 16.0. The second-order valence-electron chi connectivity index (χ2n) is 7.90. The number of primary amides is 1. The largest absolute Gasteiger partial charge is 0.481 e. The van der Waals surface area contributed by atoms with Crippen LogP contribution in [0.15, 0.2) is 24.3 Å². The van der Waals surface area contributed by atoms with Gasteiger partial charge in [0.05, 0.1) is 11.3 Å². The molecule has 0 saturated heterocycles. The lowest BCUT2D eigenvalue weighted by Crippen LogP contribution is -2.45. The van der Waals surface area contributed by atoms with E-state index >= 15 is 0 Å². The van der Waals surface area contributed by atoms with Crippen LogP contribution in [0.4, 0.5) is 5.82 Å². The number of hydrogen-bond acceptors (Lipinski definition) is 6. The number of aliphatic carboxylic acids is 1. The predicted octanol–water partition coefficient (Wildman–Crippen LogP) is 1.75. The first-order chi connectivity index (χ1) is 14.8. The van der Waals surface area contributed by atoms with E-state index in [1.54, 1.807) is 18.2 Å². The van der Waals surface area contributed by atoms with Gasteiger partial charge in [0.25, 0.3) is 5.91 Å². The Kier molecular flexibility index (Phi) is 5.07.